The molecule has 2 atom stereocenters. The first-order valence-corrected chi connectivity index (χ1v) is 7.30. The Bertz CT molecular complexity index is 367. The van der Waals surface area contributed by atoms with Crippen molar-refractivity contribution in [3.8, 4) is 0 Å². The molecular weight excluding hydrogens is 227 g/mol. The zero-order chi connectivity index (χ0) is 12.5. The third kappa shape index (κ3) is 2.67. The first kappa shape index (κ1) is 12.4. The molecular formula is C15H23FN2. The van der Waals surface area contributed by atoms with Crippen LogP contribution in [0.2, 0.25) is 0 Å². The van der Waals surface area contributed by atoms with E-state index in [0.29, 0.717) is 24.0 Å². The summed E-state index contributed by atoms with van der Waals surface area (Å²) in [6.45, 7) is 0. The van der Waals surface area contributed by atoms with Gasteiger partial charge in [0.25, 0.3) is 0 Å². The molecule has 0 aromatic rings. The van der Waals surface area contributed by atoms with Gasteiger partial charge in [-0.1, -0.05) is 6.08 Å². The van der Waals surface area contributed by atoms with Crippen LogP contribution in [0.5, 0.6) is 0 Å². The monoisotopic (exact) mass is 250 g/mol. The lowest BCUT2D eigenvalue weighted by atomic mass is 9.91. The van der Waals surface area contributed by atoms with Gasteiger partial charge in [-0.3, -0.25) is 0 Å². The highest BCUT2D eigenvalue weighted by atomic mass is 19.1. The number of hydrogen-bond acceptors (Lipinski definition) is 2. The molecule has 2 saturated carbocycles. The minimum Gasteiger partial charge on any atom is -0.328 e. The molecule has 100 valence electrons. The molecule has 0 radical (unpaired) electrons. The van der Waals surface area contributed by atoms with Crippen molar-refractivity contribution in [1.82, 2.24) is 5.32 Å². The molecule has 3 rings (SSSR count). The number of halogens is 1. The Hall–Kier alpha value is -0.670. The van der Waals surface area contributed by atoms with E-state index in [1.54, 1.807) is 6.08 Å². The van der Waals surface area contributed by atoms with E-state index >= 15 is 0 Å². The first-order valence-electron chi connectivity index (χ1n) is 7.30. The van der Waals surface area contributed by atoms with E-state index in [1.807, 2.05) is 6.08 Å². The van der Waals surface area contributed by atoms with Crippen LogP contribution in [-0.2, 0) is 0 Å². The number of hydrogen-bond donors (Lipinski definition) is 2. The molecule has 2 fully saturated rings. The molecule has 0 aromatic heterocycles. The molecule has 3 N–H and O–H groups in total. The minimum absolute atomic E-state index is 0.0289. The van der Waals surface area contributed by atoms with Gasteiger partial charge in [-0.05, 0) is 62.5 Å². The highest BCUT2D eigenvalue weighted by Crippen LogP contribution is 2.43. The zero-order valence-electron chi connectivity index (χ0n) is 10.9. The quantitative estimate of drug-likeness (QED) is 0.808. The molecule has 0 saturated heterocycles. The van der Waals surface area contributed by atoms with Crippen molar-refractivity contribution in [2.45, 2.75) is 63.1 Å². The third-order valence-electron chi connectivity index (χ3n) is 4.61. The molecule has 2 unspecified atom stereocenters. The van der Waals surface area contributed by atoms with Gasteiger partial charge in [0.2, 0.25) is 0 Å². The summed E-state index contributed by atoms with van der Waals surface area (Å²) in [6, 6.07) is 1.54. The number of nitrogens with two attached hydrogens (primary N) is 1. The van der Waals surface area contributed by atoms with Crippen molar-refractivity contribution < 1.29 is 4.39 Å². The Morgan fingerprint density at radius 2 is 2.00 bits per heavy atom. The second-order valence-electron chi connectivity index (χ2n) is 6.04. The Morgan fingerprint density at radius 3 is 2.72 bits per heavy atom. The van der Waals surface area contributed by atoms with Gasteiger partial charge in [0.1, 0.15) is 5.83 Å². The smallest absolute Gasteiger partial charge is 0.122 e. The molecule has 0 aliphatic heterocycles. The van der Waals surface area contributed by atoms with E-state index in [0.717, 1.165) is 37.7 Å². The normalized spacial score (nSPS) is 40.1. The molecule has 3 aliphatic rings. The number of rotatable bonds is 3. The Morgan fingerprint density at radius 1 is 1.22 bits per heavy atom. The molecule has 0 bridgehead atoms. The van der Waals surface area contributed by atoms with Gasteiger partial charge in [-0.25, -0.2) is 4.39 Å². The molecule has 0 heterocycles. The summed E-state index contributed by atoms with van der Waals surface area (Å²) in [5, 5.41) is 3.70. The molecule has 0 aromatic carbocycles. The van der Waals surface area contributed by atoms with Crippen LogP contribution >= 0.6 is 0 Å². The summed E-state index contributed by atoms with van der Waals surface area (Å²) in [4.78, 5) is 0. The highest BCUT2D eigenvalue weighted by molar-refractivity contribution is 5.31. The van der Waals surface area contributed by atoms with Gasteiger partial charge in [0.15, 0.2) is 0 Å². The van der Waals surface area contributed by atoms with Crippen molar-refractivity contribution in [3.63, 3.8) is 0 Å². The fraction of sp³-hybridized carbons (Fsp3) is 0.733. The zero-order valence-corrected chi connectivity index (χ0v) is 10.9. The van der Waals surface area contributed by atoms with Crippen molar-refractivity contribution >= 4 is 0 Å². The van der Waals surface area contributed by atoms with Crippen LogP contribution in [0, 0.1) is 5.92 Å². The van der Waals surface area contributed by atoms with Crippen LogP contribution in [0.1, 0.15) is 44.9 Å². The molecule has 18 heavy (non-hydrogen) atoms. The van der Waals surface area contributed by atoms with Crippen molar-refractivity contribution in [3.05, 3.63) is 23.6 Å². The van der Waals surface area contributed by atoms with Crippen molar-refractivity contribution in [2.24, 2.45) is 11.7 Å². The lowest BCUT2D eigenvalue weighted by molar-refractivity contribution is 0.338. The Kier molecular flexibility index (Phi) is 3.53. The van der Waals surface area contributed by atoms with Gasteiger partial charge in [0, 0.05) is 18.1 Å². The maximum absolute atomic E-state index is 13.7. The van der Waals surface area contributed by atoms with E-state index in [9.17, 15) is 4.39 Å². The van der Waals surface area contributed by atoms with E-state index in [4.69, 9.17) is 5.73 Å². The third-order valence-corrected chi connectivity index (χ3v) is 4.61. The molecule has 0 spiro atoms. The summed E-state index contributed by atoms with van der Waals surface area (Å²) in [5.41, 5.74) is 6.97. The summed E-state index contributed by atoms with van der Waals surface area (Å²) < 4.78 is 13.7. The topological polar surface area (TPSA) is 38.0 Å². The average Bonchev–Trinajstić information content (AvgIpc) is 3.12. The largest absolute Gasteiger partial charge is 0.328 e. The predicted molar refractivity (Wildman–Crippen MR) is 71.8 cm³/mol. The molecule has 2 nitrogen and oxygen atoms in total. The Balaban J connectivity index is 1.51. The number of nitrogens with one attached hydrogen (secondary N) is 1. The Labute approximate surface area is 109 Å². The molecule has 3 aliphatic carbocycles. The fourth-order valence-corrected chi connectivity index (χ4v) is 3.37. The van der Waals surface area contributed by atoms with Gasteiger partial charge in [-0.15, -0.1) is 0 Å². The van der Waals surface area contributed by atoms with E-state index < -0.39 is 0 Å². The summed E-state index contributed by atoms with van der Waals surface area (Å²) in [6.07, 6.45) is 11.3. The van der Waals surface area contributed by atoms with Gasteiger partial charge >= 0.3 is 0 Å². The first-order chi connectivity index (χ1) is 8.74. The number of allylic oxidation sites excluding steroid dienone is 3. The predicted octanol–water partition coefficient (Wildman–Crippen LogP) is 2.81. The fourth-order valence-electron chi connectivity index (χ4n) is 3.37. The lowest BCUT2D eigenvalue weighted by Gasteiger charge is -2.27. The van der Waals surface area contributed by atoms with Crippen molar-refractivity contribution in [1.29, 1.82) is 0 Å². The van der Waals surface area contributed by atoms with Crippen LogP contribution in [0.25, 0.3) is 0 Å². The van der Waals surface area contributed by atoms with Gasteiger partial charge in [0.05, 0.1) is 0 Å². The second kappa shape index (κ2) is 5.14. The second-order valence-corrected chi connectivity index (χ2v) is 6.04. The molecule has 3 heteroatoms. The van der Waals surface area contributed by atoms with Crippen LogP contribution in [0.4, 0.5) is 4.39 Å². The minimum atomic E-state index is 0.0289. The van der Waals surface area contributed by atoms with E-state index in [1.165, 1.54) is 12.8 Å². The van der Waals surface area contributed by atoms with Crippen LogP contribution < -0.4 is 11.1 Å². The van der Waals surface area contributed by atoms with Crippen LogP contribution in [0.15, 0.2) is 23.6 Å². The average molecular weight is 250 g/mol. The SMILES string of the molecule is NC1CCC(NC2CC2C2=C(F)C=CCC2)CC1. The summed E-state index contributed by atoms with van der Waals surface area (Å²) >= 11 is 0. The maximum Gasteiger partial charge on any atom is 0.122 e. The standard InChI is InChI=1S/C15H23FN2/c16-14-4-2-1-3-12(14)13-9-15(13)18-11-7-5-10(17)6-8-11/h2,4,10-11,13,15,18H,1,3,5-9,17H2. The maximum atomic E-state index is 13.7. The van der Waals surface area contributed by atoms with Gasteiger partial charge in [-0.2, -0.15) is 0 Å². The van der Waals surface area contributed by atoms with Crippen LogP contribution in [-0.4, -0.2) is 18.1 Å². The van der Waals surface area contributed by atoms with Crippen molar-refractivity contribution in [2.75, 3.05) is 0 Å². The summed E-state index contributed by atoms with van der Waals surface area (Å²) in [5.74, 6) is 0.492. The summed E-state index contributed by atoms with van der Waals surface area (Å²) in [7, 11) is 0. The van der Waals surface area contributed by atoms with Gasteiger partial charge < -0.3 is 11.1 Å². The lowest BCUT2D eigenvalue weighted by Crippen LogP contribution is -2.39. The highest BCUT2D eigenvalue weighted by Gasteiger charge is 2.42. The van der Waals surface area contributed by atoms with Crippen LogP contribution in [0.3, 0.4) is 0 Å². The van der Waals surface area contributed by atoms with E-state index in [-0.39, 0.29) is 5.83 Å². The molecule has 0 amide bonds. The van der Waals surface area contributed by atoms with E-state index in [2.05, 4.69) is 5.32 Å².